The summed E-state index contributed by atoms with van der Waals surface area (Å²) in [5.41, 5.74) is 6.75. The summed E-state index contributed by atoms with van der Waals surface area (Å²) in [5.74, 6) is 2.02. The highest BCUT2D eigenvalue weighted by Crippen LogP contribution is 2.22. The average molecular weight is 333 g/mol. The summed E-state index contributed by atoms with van der Waals surface area (Å²) >= 11 is 5.98. The zero-order chi connectivity index (χ0) is 16.1. The number of halogens is 1. The Morgan fingerprint density at radius 3 is 2.83 bits per heavy atom. The predicted octanol–water partition coefficient (Wildman–Crippen LogP) is 2.88. The average Bonchev–Trinajstić information content (AvgIpc) is 2.60. The summed E-state index contributed by atoms with van der Waals surface area (Å²) in [7, 11) is 0. The molecule has 0 radical (unpaired) electrons. The maximum Gasteiger partial charge on any atom is 0.234 e. The lowest BCUT2D eigenvalue weighted by atomic mass is 9.97. The summed E-state index contributed by atoms with van der Waals surface area (Å²) in [6.07, 6.45) is 5.63. The lowest BCUT2D eigenvalue weighted by Gasteiger charge is -2.32. The highest BCUT2D eigenvalue weighted by atomic mass is 35.5. The van der Waals surface area contributed by atoms with Gasteiger partial charge in [-0.1, -0.05) is 23.7 Å². The number of hydrogen-bond acceptors (Lipinski definition) is 5. The van der Waals surface area contributed by atoms with Crippen molar-refractivity contribution in [3.63, 3.8) is 0 Å². The first-order chi connectivity index (χ1) is 11.2. The number of aromatic nitrogens is 2. The number of piperidine rings is 1. The molecule has 122 valence electrons. The van der Waals surface area contributed by atoms with E-state index >= 15 is 0 Å². The third kappa shape index (κ3) is 4.33. The molecule has 0 atom stereocenters. The van der Waals surface area contributed by atoms with Gasteiger partial charge in [-0.2, -0.15) is 4.98 Å². The molecule has 0 spiro atoms. The van der Waals surface area contributed by atoms with Crippen LogP contribution in [0, 0.1) is 5.92 Å². The molecule has 2 heterocycles. The van der Waals surface area contributed by atoms with Crippen LogP contribution in [0.3, 0.4) is 0 Å². The normalized spacial score (nSPS) is 15.7. The van der Waals surface area contributed by atoms with Crippen LogP contribution in [0.5, 0.6) is 5.88 Å². The van der Waals surface area contributed by atoms with E-state index in [9.17, 15) is 0 Å². The van der Waals surface area contributed by atoms with Gasteiger partial charge in [0.2, 0.25) is 5.88 Å². The summed E-state index contributed by atoms with van der Waals surface area (Å²) in [6.45, 7) is 3.12. The minimum atomic E-state index is 0.425. The Hall–Kier alpha value is -1.85. The van der Waals surface area contributed by atoms with E-state index < -0.39 is 0 Å². The Balaban J connectivity index is 1.61. The predicted molar refractivity (Wildman–Crippen MR) is 91.8 cm³/mol. The van der Waals surface area contributed by atoms with Crippen molar-refractivity contribution < 1.29 is 4.74 Å². The van der Waals surface area contributed by atoms with Gasteiger partial charge in [-0.25, -0.2) is 0 Å². The number of anilines is 1. The summed E-state index contributed by atoms with van der Waals surface area (Å²) in [4.78, 5) is 11.1. The third-order valence-corrected chi connectivity index (χ3v) is 4.38. The zero-order valence-corrected chi connectivity index (χ0v) is 13.7. The van der Waals surface area contributed by atoms with Gasteiger partial charge in [0.25, 0.3) is 0 Å². The van der Waals surface area contributed by atoms with Gasteiger partial charge in [0.05, 0.1) is 12.4 Å². The zero-order valence-electron chi connectivity index (χ0n) is 13.0. The van der Waals surface area contributed by atoms with Crippen LogP contribution in [0.15, 0.2) is 36.7 Å². The van der Waals surface area contributed by atoms with Gasteiger partial charge in [-0.05, 0) is 43.0 Å². The minimum Gasteiger partial charge on any atom is -0.472 e. The summed E-state index contributed by atoms with van der Waals surface area (Å²) < 4.78 is 5.74. The molecular formula is C17H21ClN4O. The van der Waals surface area contributed by atoms with E-state index in [1.165, 1.54) is 0 Å². The largest absolute Gasteiger partial charge is 0.472 e. The third-order valence-electron chi connectivity index (χ3n) is 4.15. The molecule has 0 saturated carbocycles. The number of ether oxygens (including phenoxy) is 1. The summed E-state index contributed by atoms with van der Waals surface area (Å²) in [6, 6.07) is 7.61. The van der Waals surface area contributed by atoms with Crippen LogP contribution in [0.25, 0.3) is 0 Å². The molecule has 0 unspecified atom stereocenters. The van der Waals surface area contributed by atoms with Gasteiger partial charge in [0, 0.05) is 18.1 Å². The highest BCUT2D eigenvalue weighted by molar-refractivity contribution is 6.30. The number of nitrogens with two attached hydrogens (primary N) is 1. The molecule has 1 aromatic carbocycles. The number of hydrogen-bond donors (Lipinski definition) is 1. The SMILES string of the molecule is NCC1CCN(c2cncc(OCc3cccc(Cl)c3)n2)CC1. The molecule has 0 bridgehead atoms. The van der Waals surface area contributed by atoms with Crippen molar-refractivity contribution in [2.45, 2.75) is 19.4 Å². The molecule has 1 fully saturated rings. The molecule has 23 heavy (non-hydrogen) atoms. The number of rotatable bonds is 5. The lowest BCUT2D eigenvalue weighted by molar-refractivity contribution is 0.292. The van der Waals surface area contributed by atoms with Crippen LogP contribution in [0.4, 0.5) is 5.82 Å². The van der Waals surface area contributed by atoms with E-state index in [2.05, 4.69) is 14.9 Å². The molecule has 0 aliphatic carbocycles. The summed E-state index contributed by atoms with van der Waals surface area (Å²) in [5, 5.41) is 0.703. The molecule has 5 nitrogen and oxygen atoms in total. The molecule has 1 aliphatic rings. The first-order valence-corrected chi connectivity index (χ1v) is 8.26. The molecular weight excluding hydrogens is 312 g/mol. The Kier molecular flexibility index (Phi) is 5.31. The van der Waals surface area contributed by atoms with E-state index in [4.69, 9.17) is 22.1 Å². The van der Waals surface area contributed by atoms with Crippen LogP contribution >= 0.6 is 11.6 Å². The highest BCUT2D eigenvalue weighted by Gasteiger charge is 2.19. The standard InChI is InChI=1S/C17H21ClN4O/c18-15-3-1-2-14(8-15)12-23-17-11-20-10-16(21-17)22-6-4-13(9-19)5-7-22/h1-3,8,10-11,13H,4-7,9,12,19H2. The van der Waals surface area contributed by atoms with Crippen LogP contribution in [0.1, 0.15) is 18.4 Å². The Bertz CT molecular complexity index is 644. The second-order valence-electron chi connectivity index (χ2n) is 5.80. The second-order valence-corrected chi connectivity index (χ2v) is 6.24. The Morgan fingerprint density at radius 2 is 2.09 bits per heavy atom. The topological polar surface area (TPSA) is 64.3 Å². The fourth-order valence-electron chi connectivity index (χ4n) is 2.74. The van der Waals surface area contributed by atoms with E-state index in [1.54, 1.807) is 12.4 Å². The smallest absolute Gasteiger partial charge is 0.234 e. The maximum absolute atomic E-state index is 5.98. The number of benzene rings is 1. The van der Waals surface area contributed by atoms with Crippen LogP contribution < -0.4 is 15.4 Å². The molecule has 1 saturated heterocycles. The molecule has 1 aromatic heterocycles. The van der Waals surface area contributed by atoms with Crippen molar-refractivity contribution in [1.82, 2.24) is 9.97 Å². The van der Waals surface area contributed by atoms with E-state index in [0.717, 1.165) is 43.9 Å². The van der Waals surface area contributed by atoms with E-state index in [0.29, 0.717) is 23.4 Å². The number of nitrogens with zero attached hydrogens (tertiary/aromatic N) is 3. The van der Waals surface area contributed by atoms with Crippen molar-refractivity contribution in [3.05, 3.63) is 47.2 Å². The molecule has 2 aromatic rings. The first kappa shape index (κ1) is 16.0. The second kappa shape index (κ2) is 7.62. The van der Waals surface area contributed by atoms with Crippen LogP contribution in [-0.2, 0) is 6.61 Å². The molecule has 2 N–H and O–H groups in total. The van der Waals surface area contributed by atoms with Gasteiger partial charge < -0.3 is 15.4 Å². The minimum absolute atomic E-state index is 0.425. The fourth-order valence-corrected chi connectivity index (χ4v) is 2.95. The van der Waals surface area contributed by atoms with Gasteiger partial charge in [-0.15, -0.1) is 0 Å². The van der Waals surface area contributed by atoms with Crippen molar-refractivity contribution in [3.8, 4) is 5.88 Å². The quantitative estimate of drug-likeness (QED) is 0.912. The maximum atomic E-state index is 5.98. The van der Waals surface area contributed by atoms with Crippen molar-refractivity contribution in [1.29, 1.82) is 0 Å². The van der Waals surface area contributed by atoms with Crippen LogP contribution in [0.2, 0.25) is 5.02 Å². The molecule has 1 aliphatic heterocycles. The van der Waals surface area contributed by atoms with Gasteiger partial charge in [0.1, 0.15) is 6.61 Å². The lowest BCUT2D eigenvalue weighted by Crippen LogP contribution is -2.36. The van der Waals surface area contributed by atoms with Gasteiger partial charge >= 0.3 is 0 Å². The van der Waals surface area contributed by atoms with E-state index in [1.807, 2.05) is 24.3 Å². The molecule has 6 heteroatoms. The Labute approximate surface area is 141 Å². The first-order valence-electron chi connectivity index (χ1n) is 7.89. The van der Waals surface area contributed by atoms with Crippen molar-refractivity contribution >= 4 is 17.4 Å². The van der Waals surface area contributed by atoms with Crippen molar-refractivity contribution in [2.24, 2.45) is 11.7 Å². The van der Waals surface area contributed by atoms with Gasteiger partial charge in [0.15, 0.2) is 5.82 Å². The molecule has 0 amide bonds. The van der Waals surface area contributed by atoms with E-state index in [-0.39, 0.29) is 0 Å². The van der Waals surface area contributed by atoms with Crippen molar-refractivity contribution in [2.75, 3.05) is 24.5 Å². The van der Waals surface area contributed by atoms with Crippen LogP contribution in [-0.4, -0.2) is 29.6 Å². The Morgan fingerprint density at radius 1 is 1.26 bits per heavy atom. The molecule has 3 rings (SSSR count). The fraction of sp³-hybridized carbons (Fsp3) is 0.412. The monoisotopic (exact) mass is 332 g/mol. The van der Waals surface area contributed by atoms with Gasteiger partial charge in [-0.3, -0.25) is 4.98 Å².